The second kappa shape index (κ2) is 6.54. The number of rotatable bonds is 6. The Morgan fingerprint density at radius 1 is 1.32 bits per heavy atom. The number of nitrogens with one attached hydrogen (secondary N) is 2. The van der Waals surface area contributed by atoms with Gasteiger partial charge in [-0.25, -0.2) is 0 Å². The van der Waals surface area contributed by atoms with Crippen LogP contribution in [0.15, 0.2) is 28.7 Å². The molecule has 102 valence electrons. The Morgan fingerprint density at radius 2 is 2.16 bits per heavy atom. The maximum atomic E-state index is 5.90. The topological polar surface area (TPSA) is 63.0 Å². The Hall–Kier alpha value is -1.59. The van der Waals surface area contributed by atoms with Crippen LogP contribution >= 0.6 is 11.6 Å². The van der Waals surface area contributed by atoms with Crippen LogP contribution in [-0.4, -0.2) is 16.7 Å². The van der Waals surface area contributed by atoms with Gasteiger partial charge in [0.15, 0.2) is 0 Å². The summed E-state index contributed by atoms with van der Waals surface area (Å²) in [6.07, 6.45) is 0. The van der Waals surface area contributed by atoms with Crippen molar-refractivity contribution >= 4 is 23.3 Å². The molecule has 1 aromatic heterocycles. The summed E-state index contributed by atoms with van der Waals surface area (Å²) in [4.78, 5) is 0. The molecule has 5 nitrogen and oxygen atoms in total. The molecular formula is C13H17ClN4O. The van der Waals surface area contributed by atoms with E-state index in [1.165, 1.54) is 0 Å². The van der Waals surface area contributed by atoms with Crippen molar-refractivity contribution in [3.8, 4) is 0 Å². The predicted octanol–water partition coefficient (Wildman–Crippen LogP) is 3.21. The average Bonchev–Trinajstić information content (AvgIpc) is 2.76. The largest absolute Gasteiger partial charge is 0.406 e. The Kier molecular flexibility index (Phi) is 4.76. The summed E-state index contributed by atoms with van der Waals surface area (Å²) < 4.78 is 5.47. The molecule has 6 heteroatoms. The highest BCUT2D eigenvalue weighted by molar-refractivity contribution is 6.30. The van der Waals surface area contributed by atoms with Crippen molar-refractivity contribution in [1.82, 2.24) is 15.5 Å². The number of anilines is 2. The van der Waals surface area contributed by atoms with Gasteiger partial charge in [-0.15, -0.1) is 5.10 Å². The Bertz CT molecular complexity index is 527. The number of hydrogen-bond donors (Lipinski definition) is 2. The summed E-state index contributed by atoms with van der Waals surface area (Å²) in [5, 5.41) is 14.8. The van der Waals surface area contributed by atoms with Crippen LogP contribution in [0.5, 0.6) is 0 Å². The van der Waals surface area contributed by atoms with Crippen LogP contribution in [0.25, 0.3) is 0 Å². The van der Waals surface area contributed by atoms with Gasteiger partial charge in [0, 0.05) is 10.7 Å². The third-order valence-electron chi connectivity index (χ3n) is 2.37. The molecule has 0 aliphatic carbocycles. The standard InChI is InChI=1S/C13H17ClN4O/c1-9(2)7-15-8-12-17-18-13(19-12)16-11-5-3-4-10(14)6-11/h3-6,9,15H,7-8H2,1-2H3,(H,16,18). The Balaban J connectivity index is 1.90. The summed E-state index contributed by atoms with van der Waals surface area (Å²) in [6, 6.07) is 7.70. The zero-order valence-corrected chi connectivity index (χ0v) is 11.7. The molecule has 0 amide bonds. The molecule has 0 saturated heterocycles. The van der Waals surface area contributed by atoms with Crippen molar-refractivity contribution in [1.29, 1.82) is 0 Å². The van der Waals surface area contributed by atoms with Crippen molar-refractivity contribution in [2.45, 2.75) is 20.4 Å². The normalized spacial score (nSPS) is 10.9. The van der Waals surface area contributed by atoms with Crippen molar-refractivity contribution in [3.63, 3.8) is 0 Å². The van der Waals surface area contributed by atoms with Gasteiger partial charge in [-0.1, -0.05) is 36.6 Å². The number of nitrogens with zero attached hydrogens (tertiary/aromatic N) is 2. The summed E-state index contributed by atoms with van der Waals surface area (Å²) >= 11 is 5.90. The minimum absolute atomic E-state index is 0.364. The van der Waals surface area contributed by atoms with E-state index >= 15 is 0 Å². The van der Waals surface area contributed by atoms with E-state index in [9.17, 15) is 0 Å². The molecule has 19 heavy (non-hydrogen) atoms. The number of halogens is 1. The van der Waals surface area contributed by atoms with Gasteiger partial charge in [-0.05, 0) is 30.7 Å². The van der Waals surface area contributed by atoms with Crippen LogP contribution in [-0.2, 0) is 6.54 Å². The van der Waals surface area contributed by atoms with Crippen LogP contribution in [0.4, 0.5) is 11.7 Å². The van der Waals surface area contributed by atoms with E-state index in [4.69, 9.17) is 16.0 Å². The number of hydrogen-bond acceptors (Lipinski definition) is 5. The van der Waals surface area contributed by atoms with E-state index < -0.39 is 0 Å². The summed E-state index contributed by atoms with van der Waals surface area (Å²) in [5.41, 5.74) is 0.817. The lowest BCUT2D eigenvalue weighted by Gasteiger charge is -2.04. The SMILES string of the molecule is CC(C)CNCc1nnc(Nc2cccc(Cl)c2)o1. The van der Waals surface area contributed by atoms with E-state index in [-0.39, 0.29) is 0 Å². The highest BCUT2D eigenvalue weighted by Gasteiger charge is 2.06. The first kappa shape index (κ1) is 13.8. The zero-order valence-electron chi connectivity index (χ0n) is 11.0. The molecule has 2 rings (SSSR count). The van der Waals surface area contributed by atoms with Gasteiger partial charge in [0.25, 0.3) is 0 Å². The minimum atomic E-state index is 0.364. The molecular weight excluding hydrogens is 264 g/mol. The van der Waals surface area contributed by atoms with E-state index in [1.54, 1.807) is 6.07 Å². The molecule has 0 aliphatic heterocycles. The van der Waals surface area contributed by atoms with Crippen molar-refractivity contribution < 1.29 is 4.42 Å². The fourth-order valence-corrected chi connectivity index (χ4v) is 1.72. The van der Waals surface area contributed by atoms with Crippen LogP contribution in [0.2, 0.25) is 5.02 Å². The fourth-order valence-electron chi connectivity index (χ4n) is 1.53. The lowest BCUT2D eigenvalue weighted by molar-refractivity contribution is 0.460. The van der Waals surface area contributed by atoms with Crippen molar-refractivity contribution in [2.75, 3.05) is 11.9 Å². The summed E-state index contributed by atoms with van der Waals surface area (Å²) in [7, 11) is 0. The molecule has 1 aromatic carbocycles. The van der Waals surface area contributed by atoms with E-state index in [0.29, 0.717) is 29.4 Å². The summed E-state index contributed by atoms with van der Waals surface area (Å²) in [6.45, 7) is 5.78. The molecule has 0 aliphatic rings. The van der Waals surface area contributed by atoms with Crippen LogP contribution in [0.3, 0.4) is 0 Å². The molecule has 0 atom stereocenters. The highest BCUT2D eigenvalue weighted by Crippen LogP contribution is 2.19. The first-order valence-electron chi connectivity index (χ1n) is 6.19. The van der Waals surface area contributed by atoms with Crippen LogP contribution in [0.1, 0.15) is 19.7 Å². The predicted molar refractivity (Wildman–Crippen MR) is 75.6 cm³/mol. The van der Waals surface area contributed by atoms with E-state index in [2.05, 4.69) is 34.7 Å². The van der Waals surface area contributed by atoms with Crippen LogP contribution in [0, 0.1) is 5.92 Å². The quantitative estimate of drug-likeness (QED) is 0.851. The van der Waals surface area contributed by atoms with Gasteiger partial charge >= 0.3 is 6.01 Å². The fraction of sp³-hybridized carbons (Fsp3) is 0.385. The molecule has 2 N–H and O–H groups in total. The van der Waals surface area contributed by atoms with Gasteiger partial charge in [0.05, 0.1) is 6.54 Å². The molecule has 0 fully saturated rings. The van der Waals surface area contributed by atoms with E-state index in [1.807, 2.05) is 18.2 Å². The Labute approximate surface area is 117 Å². The van der Waals surface area contributed by atoms with Crippen molar-refractivity contribution in [2.24, 2.45) is 5.92 Å². The van der Waals surface area contributed by atoms with Gasteiger partial charge in [0.2, 0.25) is 5.89 Å². The van der Waals surface area contributed by atoms with Crippen molar-refractivity contribution in [3.05, 3.63) is 35.2 Å². The molecule has 1 heterocycles. The lowest BCUT2D eigenvalue weighted by Crippen LogP contribution is -2.19. The molecule has 2 aromatic rings. The number of benzene rings is 1. The third-order valence-corrected chi connectivity index (χ3v) is 2.61. The second-order valence-electron chi connectivity index (χ2n) is 4.66. The second-order valence-corrected chi connectivity index (χ2v) is 5.10. The number of aromatic nitrogens is 2. The first-order valence-corrected chi connectivity index (χ1v) is 6.57. The molecule has 0 radical (unpaired) electrons. The smallest absolute Gasteiger partial charge is 0.320 e. The van der Waals surface area contributed by atoms with E-state index in [0.717, 1.165) is 12.2 Å². The first-order chi connectivity index (χ1) is 9.13. The van der Waals surface area contributed by atoms with Gasteiger partial charge in [-0.3, -0.25) is 0 Å². The van der Waals surface area contributed by atoms with Gasteiger partial charge in [-0.2, -0.15) is 0 Å². The molecule has 0 spiro atoms. The average molecular weight is 281 g/mol. The lowest BCUT2D eigenvalue weighted by atomic mass is 10.2. The van der Waals surface area contributed by atoms with Gasteiger partial charge < -0.3 is 15.1 Å². The molecule has 0 saturated carbocycles. The maximum absolute atomic E-state index is 5.90. The minimum Gasteiger partial charge on any atom is -0.406 e. The Morgan fingerprint density at radius 3 is 2.89 bits per heavy atom. The summed E-state index contributed by atoms with van der Waals surface area (Å²) in [5.74, 6) is 1.15. The molecule has 0 unspecified atom stereocenters. The van der Waals surface area contributed by atoms with Crippen LogP contribution < -0.4 is 10.6 Å². The maximum Gasteiger partial charge on any atom is 0.320 e. The van der Waals surface area contributed by atoms with Gasteiger partial charge in [0.1, 0.15) is 0 Å². The zero-order chi connectivity index (χ0) is 13.7. The highest BCUT2D eigenvalue weighted by atomic mass is 35.5. The third kappa shape index (κ3) is 4.54. The monoisotopic (exact) mass is 280 g/mol. The molecule has 0 bridgehead atoms.